The maximum atomic E-state index is 10.2. The predicted molar refractivity (Wildman–Crippen MR) is 65.2 cm³/mol. The minimum atomic E-state index is -0.598. The zero-order chi connectivity index (χ0) is 12.2. The van der Waals surface area contributed by atoms with E-state index in [1.807, 2.05) is 31.7 Å². The number of aromatic nitrogens is 2. The summed E-state index contributed by atoms with van der Waals surface area (Å²) in [5.74, 6) is 0.995. The monoisotopic (exact) mass is 225 g/mol. The molecule has 1 rings (SSSR count). The highest BCUT2D eigenvalue weighted by Gasteiger charge is 2.23. The molecule has 1 aromatic rings. The Morgan fingerprint density at radius 3 is 2.56 bits per heavy atom. The second-order valence-electron chi connectivity index (χ2n) is 4.43. The standard InChI is InChI=1S/C12H23N3O/c1-5-12(16,6-2)9-14-10(3)11-13-7-8-15(11)4/h7-8,10,14,16H,5-6,9H2,1-4H3. The van der Waals surface area contributed by atoms with E-state index < -0.39 is 5.60 Å². The first-order valence-electron chi connectivity index (χ1n) is 5.95. The molecule has 2 N–H and O–H groups in total. The van der Waals surface area contributed by atoms with Crippen LogP contribution in [-0.2, 0) is 7.05 Å². The van der Waals surface area contributed by atoms with Crippen LogP contribution in [0.25, 0.3) is 0 Å². The molecule has 0 fully saturated rings. The van der Waals surface area contributed by atoms with Crippen molar-refractivity contribution in [1.82, 2.24) is 14.9 Å². The molecule has 1 atom stereocenters. The zero-order valence-electron chi connectivity index (χ0n) is 10.7. The fourth-order valence-corrected chi connectivity index (χ4v) is 1.73. The van der Waals surface area contributed by atoms with Gasteiger partial charge in [0.15, 0.2) is 0 Å². The van der Waals surface area contributed by atoms with E-state index in [1.54, 1.807) is 6.20 Å². The van der Waals surface area contributed by atoms with Gasteiger partial charge in [0, 0.05) is 26.0 Å². The summed E-state index contributed by atoms with van der Waals surface area (Å²) >= 11 is 0. The SMILES string of the molecule is CCC(O)(CC)CNC(C)c1nccn1C. The van der Waals surface area contributed by atoms with Crippen molar-refractivity contribution in [2.24, 2.45) is 7.05 Å². The largest absolute Gasteiger partial charge is 0.389 e. The van der Waals surface area contributed by atoms with E-state index in [9.17, 15) is 5.11 Å². The molecule has 92 valence electrons. The number of imidazole rings is 1. The van der Waals surface area contributed by atoms with Gasteiger partial charge in [-0.25, -0.2) is 4.98 Å². The second kappa shape index (κ2) is 5.46. The number of hydrogen-bond donors (Lipinski definition) is 2. The minimum absolute atomic E-state index is 0.157. The van der Waals surface area contributed by atoms with Gasteiger partial charge in [0.25, 0.3) is 0 Å². The third-order valence-electron chi connectivity index (χ3n) is 3.30. The van der Waals surface area contributed by atoms with E-state index in [-0.39, 0.29) is 6.04 Å². The molecule has 4 nitrogen and oxygen atoms in total. The van der Waals surface area contributed by atoms with Crippen LogP contribution in [-0.4, -0.2) is 26.8 Å². The Bertz CT molecular complexity index is 318. The van der Waals surface area contributed by atoms with Gasteiger partial charge in [-0.2, -0.15) is 0 Å². The number of hydrogen-bond acceptors (Lipinski definition) is 3. The molecule has 0 aromatic carbocycles. The van der Waals surface area contributed by atoms with Gasteiger partial charge in [0.2, 0.25) is 0 Å². The van der Waals surface area contributed by atoms with E-state index in [4.69, 9.17) is 0 Å². The molecule has 1 aromatic heterocycles. The van der Waals surface area contributed by atoms with E-state index in [0.717, 1.165) is 18.7 Å². The normalized spacial score (nSPS) is 14.1. The quantitative estimate of drug-likeness (QED) is 0.773. The molecule has 0 aliphatic rings. The van der Waals surface area contributed by atoms with Gasteiger partial charge in [-0.05, 0) is 19.8 Å². The Balaban J connectivity index is 2.53. The topological polar surface area (TPSA) is 50.1 Å². The average Bonchev–Trinajstić information content (AvgIpc) is 2.72. The molecular weight excluding hydrogens is 202 g/mol. The van der Waals surface area contributed by atoms with Crippen LogP contribution in [0, 0.1) is 0 Å². The summed E-state index contributed by atoms with van der Waals surface area (Å²) in [5.41, 5.74) is -0.598. The molecule has 1 unspecified atom stereocenters. The van der Waals surface area contributed by atoms with Crippen LogP contribution in [0.3, 0.4) is 0 Å². The Morgan fingerprint density at radius 1 is 1.50 bits per heavy atom. The Labute approximate surface area is 97.7 Å². The van der Waals surface area contributed by atoms with Gasteiger partial charge in [0.05, 0.1) is 11.6 Å². The van der Waals surface area contributed by atoms with Crippen LogP contribution in [0.15, 0.2) is 12.4 Å². The maximum absolute atomic E-state index is 10.2. The zero-order valence-corrected chi connectivity index (χ0v) is 10.7. The first kappa shape index (κ1) is 13.2. The van der Waals surface area contributed by atoms with Crippen LogP contribution in [0.4, 0.5) is 0 Å². The molecule has 0 radical (unpaired) electrons. The van der Waals surface area contributed by atoms with Crippen molar-refractivity contribution in [3.63, 3.8) is 0 Å². The molecule has 0 saturated carbocycles. The highest BCUT2D eigenvalue weighted by molar-refractivity contribution is 4.97. The molecule has 1 heterocycles. The van der Waals surface area contributed by atoms with Crippen LogP contribution in [0.5, 0.6) is 0 Å². The lowest BCUT2D eigenvalue weighted by Crippen LogP contribution is -2.40. The predicted octanol–water partition coefficient (Wildman–Crippen LogP) is 1.62. The highest BCUT2D eigenvalue weighted by atomic mass is 16.3. The van der Waals surface area contributed by atoms with E-state index in [1.165, 1.54) is 0 Å². The van der Waals surface area contributed by atoms with Gasteiger partial charge in [-0.15, -0.1) is 0 Å². The summed E-state index contributed by atoms with van der Waals surface area (Å²) in [6.07, 6.45) is 5.26. The lowest BCUT2D eigenvalue weighted by molar-refractivity contribution is 0.0300. The molecule has 0 bridgehead atoms. The van der Waals surface area contributed by atoms with Gasteiger partial charge < -0.3 is 15.0 Å². The Morgan fingerprint density at radius 2 is 2.12 bits per heavy atom. The van der Waals surface area contributed by atoms with Crippen molar-refractivity contribution in [2.45, 2.75) is 45.3 Å². The number of aryl methyl sites for hydroxylation is 1. The fourth-order valence-electron chi connectivity index (χ4n) is 1.73. The number of rotatable bonds is 6. The van der Waals surface area contributed by atoms with E-state index in [0.29, 0.717) is 6.54 Å². The first-order valence-corrected chi connectivity index (χ1v) is 5.95. The molecule has 0 saturated heterocycles. The average molecular weight is 225 g/mol. The van der Waals surface area contributed by atoms with Gasteiger partial charge in [-0.3, -0.25) is 0 Å². The first-order chi connectivity index (χ1) is 7.52. The highest BCUT2D eigenvalue weighted by Crippen LogP contribution is 2.15. The van der Waals surface area contributed by atoms with Crippen LogP contribution in [0.1, 0.15) is 45.5 Å². The van der Waals surface area contributed by atoms with Gasteiger partial charge in [-0.1, -0.05) is 13.8 Å². The van der Waals surface area contributed by atoms with Gasteiger partial charge >= 0.3 is 0 Å². The van der Waals surface area contributed by atoms with Crippen molar-refractivity contribution in [3.05, 3.63) is 18.2 Å². The summed E-state index contributed by atoms with van der Waals surface area (Å²) in [4.78, 5) is 4.29. The van der Waals surface area contributed by atoms with Crippen molar-refractivity contribution < 1.29 is 5.11 Å². The van der Waals surface area contributed by atoms with E-state index >= 15 is 0 Å². The lowest BCUT2D eigenvalue weighted by atomic mass is 9.97. The van der Waals surface area contributed by atoms with Crippen LogP contribution >= 0.6 is 0 Å². The van der Waals surface area contributed by atoms with E-state index in [2.05, 4.69) is 17.2 Å². The molecule has 0 aliphatic heterocycles. The summed E-state index contributed by atoms with van der Waals surface area (Å²) in [6, 6.07) is 0.157. The smallest absolute Gasteiger partial charge is 0.125 e. The molecule has 16 heavy (non-hydrogen) atoms. The van der Waals surface area contributed by atoms with Gasteiger partial charge in [0.1, 0.15) is 5.82 Å². The summed E-state index contributed by atoms with van der Waals surface area (Å²) in [7, 11) is 1.98. The molecular formula is C12H23N3O. The summed E-state index contributed by atoms with van der Waals surface area (Å²) < 4.78 is 1.99. The minimum Gasteiger partial charge on any atom is -0.389 e. The molecule has 0 aliphatic carbocycles. The third kappa shape index (κ3) is 3.06. The summed E-state index contributed by atoms with van der Waals surface area (Å²) in [6.45, 7) is 6.69. The third-order valence-corrected chi connectivity index (χ3v) is 3.30. The molecule has 4 heteroatoms. The van der Waals surface area contributed by atoms with Crippen molar-refractivity contribution in [2.75, 3.05) is 6.54 Å². The van der Waals surface area contributed by atoms with Crippen LogP contribution in [0.2, 0.25) is 0 Å². The molecule has 0 amide bonds. The van der Waals surface area contributed by atoms with Crippen molar-refractivity contribution >= 4 is 0 Å². The fraction of sp³-hybridized carbons (Fsp3) is 0.750. The van der Waals surface area contributed by atoms with Crippen LogP contribution < -0.4 is 5.32 Å². The van der Waals surface area contributed by atoms with Crippen molar-refractivity contribution in [1.29, 1.82) is 0 Å². The Hall–Kier alpha value is -0.870. The number of nitrogens with zero attached hydrogens (tertiary/aromatic N) is 2. The second-order valence-corrected chi connectivity index (χ2v) is 4.43. The lowest BCUT2D eigenvalue weighted by Gasteiger charge is -2.27. The summed E-state index contributed by atoms with van der Waals surface area (Å²) in [5, 5.41) is 13.5. The number of aliphatic hydroxyl groups is 1. The number of nitrogens with one attached hydrogen (secondary N) is 1. The maximum Gasteiger partial charge on any atom is 0.125 e. The molecule has 0 spiro atoms. The van der Waals surface area contributed by atoms with Crippen molar-refractivity contribution in [3.8, 4) is 0 Å². The Kier molecular flexibility index (Phi) is 4.50.